The summed E-state index contributed by atoms with van der Waals surface area (Å²) in [6.07, 6.45) is 4.20. The molecule has 1 heterocycles. The lowest BCUT2D eigenvalue weighted by Gasteiger charge is -2.22. The maximum atomic E-state index is 12.5. The number of para-hydroxylation sites is 1. The number of aromatic nitrogens is 2. The molecule has 6 nitrogen and oxygen atoms in total. The van der Waals surface area contributed by atoms with E-state index in [1.165, 1.54) is 12.5 Å². The lowest BCUT2D eigenvalue weighted by molar-refractivity contribution is 0.0749. The van der Waals surface area contributed by atoms with Crippen LogP contribution in [0.4, 0.5) is 0 Å². The molecular weight excluding hydrogens is 294 g/mol. The Morgan fingerprint density at radius 2 is 2.22 bits per heavy atom. The maximum absolute atomic E-state index is 12.5. The summed E-state index contributed by atoms with van der Waals surface area (Å²) >= 11 is 0. The minimum atomic E-state index is -0.445. The Labute approximate surface area is 134 Å². The van der Waals surface area contributed by atoms with Crippen molar-refractivity contribution in [1.29, 1.82) is 0 Å². The predicted octanol–water partition coefficient (Wildman–Crippen LogP) is 2.00. The van der Waals surface area contributed by atoms with E-state index < -0.39 is 5.56 Å². The average Bonchev–Trinajstić information content (AvgIpc) is 2.58. The summed E-state index contributed by atoms with van der Waals surface area (Å²) in [6.45, 7) is 6.68. The van der Waals surface area contributed by atoms with E-state index in [1.54, 1.807) is 11.0 Å². The molecule has 1 N–H and O–H groups in total. The number of carbonyl (C=O) groups excluding carboxylic acids is 1. The summed E-state index contributed by atoms with van der Waals surface area (Å²) in [6, 6.07) is 7.48. The van der Waals surface area contributed by atoms with Crippen LogP contribution in [0.25, 0.3) is 0 Å². The number of nitrogens with zero attached hydrogens (tertiary/aromatic N) is 2. The van der Waals surface area contributed by atoms with Crippen LogP contribution >= 0.6 is 0 Å². The number of H-pyrrole nitrogens is 1. The summed E-state index contributed by atoms with van der Waals surface area (Å²) in [4.78, 5) is 32.1. The standard InChI is InChI=1S/C17H19N3O3/c1-3-9-23-15-8-6-5-7-13(15)11-20(4-2)17(22)14-10-18-12-19-16(14)21/h3,5-8,10,12H,1,4,9,11H2,2H3,(H,18,19,21). The largest absolute Gasteiger partial charge is 0.489 e. The van der Waals surface area contributed by atoms with Gasteiger partial charge < -0.3 is 14.6 Å². The Morgan fingerprint density at radius 3 is 2.91 bits per heavy atom. The highest BCUT2D eigenvalue weighted by molar-refractivity contribution is 5.93. The molecule has 0 aliphatic heterocycles. The van der Waals surface area contributed by atoms with Gasteiger partial charge in [-0.3, -0.25) is 9.59 Å². The molecule has 1 aromatic carbocycles. The molecule has 0 aliphatic rings. The molecule has 0 saturated carbocycles. The van der Waals surface area contributed by atoms with Gasteiger partial charge in [-0.1, -0.05) is 30.9 Å². The highest BCUT2D eigenvalue weighted by Gasteiger charge is 2.19. The number of benzene rings is 1. The van der Waals surface area contributed by atoms with Crippen molar-refractivity contribution in [2.24, 2.45) is 0 Å². The first-order chi connectivity index (χ1) is 11.2. The van der Waals surface area contributed by atoms with Crippen LogP contribution in [0.2, 0.25) is 0 Å². The third-order valence-electron chi connectivity index (χ3n) is 3.31. The second kappa shape index (κ2) is 7.93. The van der Waals surface area contributed by atoms with E-state index >= 15 is 0 Å². The second-order valence-electron chi connectivity index (χ2n) is 4.82. The zero-order valence-electron chi connectivity index (χ0n) is 13.0. The van der Waals surface area contributed by atoms with Crippen molar-refractivity contribution in [3.05, 3.63) is 70.9 Å². The van der Waals surface area contributed by atoms with Crippen molar-refractivity contribution in [2.45, 2.75) is 13.5 Å². The molecule has 0 aliphatic carbocycles. The molecule has 0 bridgehead atoms. The van der Waals surface area contributed by atoms with Crippen molar-refractivity contribution >= 4 is 5.91 Å². The van der Waals surface area contributed by atoms with Crippen molar-refractivity contribution < 1.29 is 9.53 Å². The lowest BCUT2D eigenvalue weighted by Crippen LogP contribution is -2.34. The Morgan fingerprint density at radius 1 is 1.43 bits per heavy atom. The summed E-state index contributed by atoms with van der Waals surface area (Å²) in [7, 11) is 0. The predicted molar refractivity (Wildman–Crippen MR) is 87.4 cm³/mol. The van der Waals surface area contributed by atoms with Gasteiger partial charge in [-0.2, -0.15) is 0 Å². The quantitative estimate of drug-likeness (QED) is 0.793. The monoisotopic (exact) mass is 313 g/mol. The van der Waals surface area contributed by atoms with Gasteiger partial charge >= 0.3 is 0 Å². The topological polar surface area (TPSA) is 75.3 Å². The number of amides is 1. The Kier molecular flexibility index (Phi) is 5.68. The first kappa shape index (κ1) is 16.5. The Bertz CT molecular complexity index is 740. The molecule has 120 valence electrons. The fourth-order valence-electron chi connectivity index (χ4n) is 2.12. The molecule has 0 fully saturated rings. The van der Waals surface area contributed by atoms with Crippen LogP contribution in [-0.4, -0.2) is 33.9 Å². The zero-order valence-corrected chi connectivity index (χ0v) is 13.0. The van der Waals surface area contributed by atoms with Gasteiger partial charge in [-0.05, 0) is 13.0 Å². The van der Waals surface area contributed by atoms with Gasteiger partial charge in [0.25, 0.3) is 11.5 Å². The normalized spacial score (nSPS) is 10.1. The van der Waals surface area contributed by atoms with Gasteiger partial charge in [0, 0.05) is 24.8 Å². The average molecular weight is 313 g/mol. The van der Waals surface area contributed by atoms with E-state index in [-0.39, 0.29) is 11.5 Å². The SMILES string of the molecule is C=CCOc1ccccc1CN(CC)C(=O)c1cnc[nH]c1=O. The molecule has 2 aromatic rings. The summed E-state index contributed by atoms with van der Waals surface area (Å²) in [5.41, 5.74) is 0.448. The van der Waals surface area contributed by atoms with Crippen LogP contribution < -0.4 is 10.3 Å². The zero-order chi connectivity index (χ0) is 16.7. The highest BCUT2D eigenvalue weighted by Crippen LogP contribution is 2.20. The van der Waals surface area contributed by atoms with Crippen LogP contribution in [0.1, 0.15) is 22.8 Å². The van der Waals surface area contributed by atoms with E-state index in [1.807, 2.05) is 31.2 Å². The fraction of sp³-hybridized carbons (Fsp3) is 0.235. The first-order valence-corrected chi connectivity index (χ1v) is 7.31. The van der Waals surface area contributed by atoms with Crippen molar-refractivity contribution in [2.75, 3.05) is 13.2 Å². The number of nitrogens with one attached hydrogen (secondary N) is 1. The second-order valence-corrected chi connectivity index (χ2v) is 4.82. The number of carbonyl (C=O) groups is 1. The maximum Gasteiger partial charge on any atom is 0.263 e. The van der Waals surface area contributed by atoms with Gasteiger partial charge in [0.05, 0.1) is 6.33 Å². The molecular formula is C17H19N3O3. The van der Waals surface area contributed by atoms with Gasteiger partial charge in [0.15, 0.2) is 0 Å². The number of rotatable bonds is 7. The molecule has 23 heavy (non-hydrogen) atoms. The Balaban J connectivity index is 2.23. The van der Waals surface area contributed by atoms with E-state index in [4.69, 9.17) is 4.74 Å². The molecule has 0 spiro atoms. The molecule has 2 rings (SSSR count). The minimum Gasteiger partial charge on any atom is -0.489 e. The minimum absolute atomic E-state index is 0.0267. The van der Waals surface area contributed by atoms with Crippen molar-refractivity contribution in [3.63, 3.8) is 0 Å². The van der Waals surface area contributed by atoms with Crippen LogP contribution in [0.5, 0.6) is 5.75 Å². The van der Waals surface area contributed by atoms with Crippen molar-refractivity contribution in [3.8, 4) is 5.75 Å². The molecule has 0 saturated heterocycles. The lowest BCUT2D eigenvalue weighted by atomic mass is 10.1. The van der Waals surface area contributed by atoms with Crippen LogP contribution in [0.3, 0.4) is 0 Å². The molecule has 6 heteroatoms. The number of hydrogen-bond acceptors (Lipinski definition) is 4. The van der Waals surface area contributed by atoms with Gasteiger partial charge in [0.1, 0.15) is 17.9 Å². The third-order valence-corrected chi connectivity index (χ3v) is 3.31. The third kappa shape index (κ3) is 4.06. The van der Waals surface area contributed by atoms with E-state index in [2.05, 4.69) is 16.5 Å². The van der Waals surface area contributed by atoms with Gasteiger partial charge in [0.2, 0.25) is 0 Å². The van der Waals surface area contributed by atoms with Crippen LogP contribution in [-0.2, 0) is 6.54 Å². The van der Waals surface area contributed by atoms with Crippen LogP contribution in [0, 0.1) is 0 Å². The molecule has 0 atom stereocenters. The molecule has 0 radical (unpaired) electrons. The molecule has 1 amide bonds. The summed E-state index contributed by atoms with van der Waals surface area (Å²) in [5, 5.41) is 0. The van der Waals surface area contributed by atoms with Crippen LogP contribution in [0.15, 0.2) is 54.2 Å². The number of hydrogen-bond donors (Lipinski definition) is 1. The highest BCUT2D eigenvalue weighted by atomic mass is 16.5. The number of ether oxygens (including phenoxy) is 1. The van der Waals surface area contributed by atoms with Gasteiger partial charge in [-0.15, -0.1) is 0 Å². The first-order valence-electron chi connectivity index (χ1n) is 7.31. The Hall–Kier alpha value is -2.89. The summed E-state index contributed by atoms with van der Waals surface area (Å²) in [5.74, 6) is 0.333. The summed E-state index contributed by atoms with van der Waals surface area (Å²) < 4.78 is 5.60. The molecule has 0 unspecified atom stereocenters. The van der Waals surface area contributed by atoms with E-state index in [0.29, 0.717) is 25.4 Å². The smallest absolute Gasteiger partial charge is 0.263 e. The van der Waals surface area contributed by atoms with Gasteiger partial charge in [-0.25, -0.2) is 4.98 Å². The van der Waals surface area contributed by atoms with E-state index in [9.17, 15) is 9.59 Å². The van der Waals surface area contributed by atoms with Crippen molar-refractivity contribution in [1.82, 2.24) is 14.9 Å². The molecule has 1 aromatic heterocycles. The van der Waals surface area contributed by atoms with E-state index in [0.717, 1.165) is 5.56 Å². The fourth-order valence-corrected chi connectivity index (χ4v) is 2.12. The number of aromatic amines is 1.